The molecule has 1 N–H and O–H groups in total. The van der Waals surface area contributed by atoms with Crippen LogP contribution in [-0.4, -0.2) is 20.7 Å². The van der Waals surface area contributed by atoms with Gasteiger partial charge in [-0.15, -0.1) is 0 Å². The van der Waals surface area contributed by atoms with Crippen LogP contribution < -0.4 is 4.74 Å². The highest BCUT2D eigenvalue weighted by atomic mass is 16.5. The van der Waals surface area contributed by atoms with E-state index in [9.17, 15) is 0 Å². The Hall–Kier alpha value is -1.97. The molecule has 4 heteroatoms. The molecule has 0 radical (unpaired) electrons. The van der Waals surface area contributed by atoms with E-state index in [2.05, 4.69) is 10.1 Å². The van der Waals surface area contributed by atoms with Gasteiger partial charge in [-0.2, -0.15) is 0 Å². The maximum absolute atomic E-state index is 5.59. The van der Waals surface area contributed by atoms with E-state index in [1.54, 1.807) is 0 Å². The molecule has 4 nitrogen and oxygen atoms in total. The standard InChI is InChI=1S/C12H13N3O/c1-8(2)16-12-7-11-13-9-5-3-4-6-10(9)15(11)14-12/h3-8,14H,1-2H3. The lowest BCUT2D eigenvalue weighted by Crippen LogP contribution is -2.05. The first-order valence-corrected chi connectivity index (χ1v) is 5.37. The number of fused-ring (bicyclic) bond motifs is 3. The first-order valence-electron chi connectivity index (χ1n) is 5.37. The summed E-state index contributed by atoms with van der Waals surface area (Å²) in [4.78, 5) is 4.49. The van der Waals surface area contributed by atoms with Gasteiger partial charge >= 0.3 is 0 Å². The number of hydrogen-bond acceptors (Lipinski definition) is 2. The van der Waals surface area contributed by atoms with E-state index in [1.807, 2.05) is 48.7 Å². The minimum atomic E-state index is 0.162. The number of ether oxygens (including phenoxy) is 1. The molecule has 0 bridgehead atoms. The zero-order valence-electron chi connectivity index (χ0n) is 9.27. The molecule has 0 saturated heterocycles. The van der Waals surface area contributed by atoms with Crippen LogP contribution in [0.5, 0.6) is 5.88 Å². The Balaban J connectivity index is 2.18. The number of aromatic nitrogens is 3. The Morgan fingerprint density at radius 1 is 1.31 bits per heavy atom. The molecule has 0 amide bonds. The molecule has 0 fully saturated rings. The van der Waals surface area contributed by atoms with Crippen molar-refractivity contribution in [2.45, 2.75) is 20.0 Å². The van der Waals surface area contributed by atoms with Gasteiger partial charge in [-0.3, -0.25) is 5.10 Å². The topological polar surface area (TPSA) is 42.3 Å². The second-order valence-corrected chi connectivity index (χ2v) is 4.08. The molecule has 3 rings (SSSR count). The second kappa shape index (κ2) is 3.27. The van der Waals surface area contributed by atoms with E-state index in [0.717, 1.165) is 22.6 Å². The van der Waals surface area contributed by atoms with Crippen LogP contribution in [0, 0.1) is 0 Å². The summed E-state index contributed by atoms with van der Waals surface area (Å²) in [6.45, 7) is 4.00. The fourth-order valence-electron chi connectivity index (χ4n) is 1.83. The predicted molar refractivity (Wildman–Crippen MR) is 62.8 cm³/mol. The summed E-state index contributed by atoms with van der Waals surface area (Å²) in [6.07, 6.45) is 0.162. The number of aromatic amines is 1. The molecule has 0 aliphatic heterocycles. The van der Waals surface area contributed by atoms with Crippen LogP contribution in [0.2, 0.25) is 0 Å². The van der Waals surface area contributed by atoms with Crippen molar-refractivity contribution in [3.05, 3.63) is 30.3 Å². The molecule has 82 valence electrons. The van der Waals surface area contributed by atoms with Crippen molar-refractivity contribution >= 4 is 16.7 Å². The zero-order chi connectivity index (χ0) is 11.1. The zero-order valence-corrected chi connectivity index (χ0v) is 9.27. The van der Waals surface area contributed by atoms with Crippen LogP contribution in [-0.2, 0) is 0 Å². The minimum absolute atomic E-state index is 0.162. The normalized spacial score (nSPS) is 11.7. The first-order chi connectivity index (χ1) is 7.74. The number of para-hydroxylation sites is 2. The Morgan fingerprint density at radius 2 is 2.12 bits per heavy atom. The molecular formula is C12H13N3O. The molecule has 16 heavy (non-hydrogen) atoms. The van der Waals surface area contributed by atoms with Gasteiger partial charge in [0.15, 0.2) is 5.65 Å². The van der Waals surface area contributed by atoms with Crippen LogP contribution in [0.25, 0.3) is 16.7 Å². The Bertz CT molecular complexity index is 636. The molecule has 3 aromatic rings. The number of nitrogens with zero attached hydrogens (tertiary/aromatic N) is 2. The minimum Gasteiger partial charge on any atom is -0.475 e. The Labute approximate surface area is 92.8 Å². The maximum Gasteiger partial charge on any atom is 0.210 e. The number of hydrogen-bond donors (Lipinski definition) is 1. The van der Waals surface area contributed by atoms with Gasteiger partial charge in [-0.05, 0) is 26.0 Å². The Morgan fingerprint density at radius 3 is 2.94 bits per heavy atom. The molecule has 1 aromatic carbocycles. The van der Waals surface area contributed by atoms with Gasteiger partial charge in [-0.1, -0.05) is 12.1 Å². The van der Waals surface area contributed by atoms with E-state index in [-0.39, 0.29) is 6.10 Å². The molecule has 0 unspecified atom stereocenters. The average Bonchev–Trinajstić information content (AvgIpc) is 2.73. The van der Waals surface area contributed by atoms with Crippen molar-refractivity contribution in [1.82, 2.24) is 14.6 Å². The predicted octanol–water partition coefficient (Wildman–Crippen LogP) is 2.60. The van der Waals surface area contributed by atoms with Crippen molar-refractivity contribution in [3.8, 4) is 5.88 Å². The molecule has 0 aliphatic rings. The van der Waals surface area contributed by atoms with Gasteiger partial charge in [0.1, 0.15) is 0 Å². The monoisotopic (exact) mass is 215 g/mol. The summed E-state index contributed by atoms with van der Waals surface area (Å²) < 4.78 is 7.53. The lowest BCUT2D eigenvalue weighted by atomic mass is 10.3. The summed E-state index contributed by atoms with van der Waals surface area (Å²) in [7, 11) is 0. The van der Waals surface area contributed by atoms with Crippen LogP contribution in [0.15, 0.2) is 30.3 Å². The smallest absolute Gasteiger partial charge is 0.210 e. The molecule has 0 saturated carbocycles. The third kappa shape index (κ3) is 1.34. The third-order valence-corrected chi connectivity index (χ3v) is 2.43. The summed E-state index contributed by atoms with van der Waals surface area (Å²) in [5.41, 5.74) is 2.94. The van der Waals surface area contributed by atoms with Crippen molar-refractivity contribution in [1.29, 1.82) is 0 Å². The maximum atomic E-state index is 5.59. The van der Waals surface area contributed by atoms with Gasteiger partial charge in [-0.25, -0.2) is 9.50 Å². The van der Waals surface area contributed by atoms with Crippen LogP contribution in [0.3, 0.4) is 0 Å². The van der Waals surface area contributed by atoms with Gasteiger partial charge < -0.3 is 4.74 Å². The van der Waals surface area contributed by atoms with Gasteiger partial charge in [0, 0.05) is 6.07 Å². The summed E-state index contributed by atoms with van der Waals surface area (Å²) in [5.74, 6) is 0.753. The number of H-pyrrole nitrogens is 1. The highest BCUT2D eigenvalue weighted by molar-refractivity contribution is 5.80. The second-order valence-electron chi connectivity index (χ2n) is 4.08. The SMILES string of the molecule is CC(C)Oc1cc2nc3ccccc3n2[nH]1. The average molecular weight is 215 g/mol. The van der Waals surface area contributed by atoms with Crippen molar-refractivity contribution in [3.63, 3.8) is 0 Å². The highest BCUT2D eigenvalue weighted by Crippen LogP contribution is 2.20. The summed E-state index contributed by atoms with van der Waals surface area (Å²) in [6, 6.07) is 9.94. The van der Waals surface area contributed by atoms with E-state index < -0.39 is 0 Å². The summed E-state index contributed by atoms with van der Waals surface area (Å²) >= 11 is 0. The third-order valence-electron chi connectivity index (χ3n) is 2.43. The highest BCUT2D eigenvalue weighted by Gasteiger charge is 2.08. The van der Waals surface area contributed by atoms with Gasteiger partial charge in [0.2, 0.25) is 5.88 Å². The molecule has 2 heterocycles. The van der Waals surface area contributed by atoms with E-state index in [1.165, 1.54) is 0 Å². The van der Waals surface area contributed by atoms with E-state index in [0.29, 0.717) is 0 Å². The summed E-state index contributed by atoms with van der Waals surface area (Å²) in [5, 5.41) is 3.18. The van der Waals surface area contributed by atoms with Crippen LogP contribution >= 0.6 is 0 Å². The molecule has 0 atom stereocenters. The first kappa shape index (κ1) is 9.27. The number of nitrogens with one attached hydrogen (secondary N) is 1. The molecular weight excluding hydrogens is 202 g/mol. The van der Waals surface area contributed by atoms with E-state index >= 15 is 0 Å². The molecule has 0 aliphatic carbocycles. The van der Waals surface area contributed by atoms with Crippen molar-refractivity contribution < 1.29 is 4.74 Å². The van der Waals surface area contributed by atoms with Crippen LogP contribution in [0.4, 0.5) is 0 Å². The molecule has 0 spiro atoms. The van der Waals surface area contributed by atoms with E-state index in [4.69, 9.17) is 4.74 Å². The molecule has 2 aromatic heterocycles. The van der Waals surface area contributed by atoms with Crippen LogP contribution in [0.1, 0.15) is 13.8 Å². The number of imidazole rings is 1. The van der Waals surface area contributed by atoms with Gasteiger partial charge in [0.05, 0.1) is 17.1 Å². The lowest BCUT2D eigenvalue weighted by Gasteiger charge is -2.05. The fourth-order valence-corrected chi connectivity index (χ4v) is 1.83. The lowest BCUT2D eigenvalue weighted by molar-refractivity contribution is 0.232. The van der Waals surface area contributed by atoms with Crippen molar-refractivity contribution in [2.24, 2.45) is 0 Å². The number of benzene rings is 1. The van der Waals surface area contributed by atoms with Gasteiger partial charge in [0.25, 0.3) is 0 Å². The Kier molecular flexibility index (Phi) is 1.89. The fraction of sp³-hybridized carbons (Fsp3) is 0.250. The quantitative estimate of drug-likeness (QED) is 0.714. The number of rotatable bonds is 2. The van der Waals surface area contributed by atoms with Crippen molar-refractivity contribution in [2.75, 3.05) is 0 Å². The largest absolute Gasteiger partial charge is 0.475 e.